The Hall–Kier alpha value is -0.570. The monoisotopic (exact) mass is 349 g/mol. The first-order valence-corrected chi connectivity index (χ1v) is 7.10. The van der Waals surface area contributed by atoms with E-state index in [4.69, 9.17) is 5.73 Å². The van der Waals surface area contributed by atoms with Gasteiger partial charge in [0.15, 0.2) is 10.8 Å². The fourth-order valence-electron chi connectivity index (χ4n) is 1.45. The smallest absolute Gasteiger partial charge is 0.191 e. The second-order valence-corrected chi connectivity index (χ2v) is 5.42. The van der Waals surface area contributed by atoms with Gasteiger partial charge in [-0.1, -0.05) is 11.8 Å². The van der Waals surface area contributed by atoms with Crippen LogP contribution < -0.4 is 5.73 Å². The molecule has 7 heteroatoms. The lowest BCUT2D eigenvalue weighted by molar-refractivity contribution is 0.541. The molecule has 0 atom stereocenters. The quantitative estimate of drug-likeness (QED) is 0.512. The summed E-state index contributed by atoms with van der Waals surface area (Å²) in [5.41, 5.74) is 6.74. The zero-order valence-electron chi connectivity index (χ0n) is 9.23. The molecule has 0 aliphatic carbocycles. The number of thioether (sulfide) groups is 1. The number of fused-ring (bicyclic) bond motifs is 1. The Morgan fingerprint density at radius 3 is 2.62 bits per heavy atom. The highest BCUT2D eigenvalue weighted by atomic mass is 127. The Balaban J connectivity index is 2.81. The molecule has 0 saturated carbocycles. The molecule has 2 rings (SSSR count). The topological polar surface area (TPSA) is 69.6 Å². The highest BCUT2D eigenvalue weighted by molar-refractivity contribution is 14.1. The normalized spacial score (nSPS) is 11.6. The van der Waals surface area contributed by atoms with Crippen molar-refractivity contribution >= 4 is 51.2 Å². The average Bonchev–Trinajstić information content (AvgIpc) is 2.56. The van der Waals surface area contributed by atoms with Crippen LogP contribution in [-0.2, 0) is 0 Å². The van der Waals surface area contributed by atoms with Gasteiger partial charge in [-0.15, -0.1) is 0 Å². The molecule has 0 aliphatic heterocycles. The Morgan fingerprint density at radius 2 is 2.06 bits per heavy atom. The van der Waals surface area contributed by atoms with E-state index >= 15 is 0 Å². The largest absolute Gasteiger partial charge is 0.383 e. The molecule has 0 aliphatic rings. The van der Waals surface area contributed by atoms with Crippen molar-refractivity contribution in [2.75, 3.05) is 12.0 Å². The van der Waals surface area contributed by atoms with Crippen LogP contribution in [0.25, 0.3) is 11.0 Å². The number of nitrogens with two attached hydrogens (primary N) is 1. The summed E-state index contributed by atoms with van der Waals surface area (Å²) in [6.07, 6.45) is 1.93. The molecule has 0 spiro atoms. The van der Waals surface area contributed by atoms with Crippen LogP contribution in [0.4, 0.5) is 5.82 Å². The van der Waals surface area contributed by atoms with Crippen LogP contribution >= 0.6 is 34.4 Å². The van der Waals surface area contributed by atoms with E-state index in [1.165, 1.54) is 11.8 Å². The van der Waals surface area contributed by atoms with Crippen LogP contribution in [0.15, 0.2) is 5.16 Å². The average molecular weight is 349 g/mol. The molecule has 0 unspecified atom stereocenters. The van der Waals surface area contributed by atoms with Gasteiger partial charge in [0.05, 0.1) is 5.39 Å². The fourth-order valence-corrected chi connectivity index (χ4v) is 2.57. The number of halogens is 1. The zero-order chi connectivity index (χ0) is 11.9. The number of nitrogens with zero attached hydrogens (tertiary/aromatic N) is 4. The van der Waals surface area contributed by atoms with Gasteiger partial charge in [-0.25, -0.2) is 14.6 Å². The molecule has 2 aromatic rings. The van der Waals surface area contributed by atoms with E-state index < -0.39 is 0 Å². The fraction of sp³-hybridized carbons (Fsp3) is 0.444. The third-order valence-electron chi connectivity index (χ3n) is 2.19. The van der Waals surface area contributed by atoms with Gasteiger partial charge in [0.2, 0.25) is 0 Å². The van der Waals surface area contributed by atoms with E-state index in [0.717, 1.165) is 14.7 Å². The predicted molar refractivity (Wildman–Crippen MR) is 74.6 cm³/mol. The van der Waals surface area contributed by atoms with Crippen LogP contribution in [-0.4, -0.2) is 26.0 Å². The first-order valence-electron chi connectivity index (χ1n) is 4.79. The van der Waals surface area contributed by atoms with E-state index in [-0.39, 0.29) is 6.04 Å². The molecule has 2 heterocycles. The van der Waals surface area contributed by atoms with Crippen molar-refractivity contribution in [3.05, 3.63) is 3.70 Å². The number of anilines is 1. The summed E-state index contributed by atoms with van der Waals surface area (Å²) in [7, 11) is 0. The second-order valence-electron chi connectivity index (χ2n) is 3.62. The van der Waals surface area contributed by atoms with Crippen molar-refractivity contribution in [1.82, 2.24) is 19.7 Å². The molecule has 86 valence electrons. The van der Waals surface area contributed by atoms with Gasteiger partial charge in [0.25, 0.3) is 0 Å². The van der Waals surface area contributed by atoms with Gasteiger partial charge in [-0.2, -0.15) is 5.10 Å². The Morgan fingerprint density at radius 1 is 1.38 bits per heavy atom. The standard InChI is InChI=1S/C9H12IN5S/c1-4(2)15-8-5(6(10)14-15)7(11)12-9(13-8)16-3/h4H,1-3H3,(H2,11,12,13). The summed E-state index contributed by atoms with van der Waals surface area (Å²) in [4.78, 5) is 8.69. The minimum absolute atomic E-state index is 0.259. The Labute approximate surface area is 111 Å². The van der Waals surface area contributed by atoms with Gasteiger partial charge in [0.1, 0.15) is 9.52 Å². The number of rotatable bonds is 2. The summed E-state index contributed by atoms with van der Waals surface area (Å²) in [5, 5.41) is 5.97. The SMILES string of the molecule is CSc1nc(N)c2c(I)nn(C(C)C)c2n1. The summed E-state index contributed by atoms with van der Waals surface area (Å²) < 4.78 is 2.74. The molecule has 5 nitrogen and oxygen atoms in total. The van der Waals surface area contributed by atoms with Crippen molar-refractivity contribution in [3.63, 3.8) is 0 Å². The number of hydrogen-bond acceptors (Lipinski definition) is 5. The lowest BCUT2D eigenvalue weighted by Crippen LogP contribution is -2.05. The minimum Gasteiger partial charge on any atom is -0.383 e. The molecule has 16 heavy (non-hydrogen) atoms. The predicted octanol–water partition coefficient (Wildman–Crippen LogP) is 2.32. The van der Waals surface area contributed by atoms with E-state index in [2.05, 4.69) is 51.5 Å². The molecule has 0 saturated heterocycles. The second kappa shape index (κ2) is 4.36. The van der Waals surface area contributed by atoms with Gasteiger partial charge < -0.3 is 5.73 Å². The van der Waals surface area contributed by atoms with E-state index in [1.54, 1.807) is 0 Å². The molecular weight excluding hydrogens is 337 g/mol. The number of hydrogen-bond donors (Lipinski definition) is 1. The Bertz CT molecular complexity index is 536. The van der Waals surface area contributed by atoms with E-state index in [1.807, 2.05) is 10.9 Å². The molecular formula is C9H12IN5S. The van der Waals surface area contributed by atoms with Gasteiger partial charge in [0, 0.05) is 6.04 Å². The third-order valence-corrected chi connectivity index (χ3v) is 3.49. The molecule has 0 bridgehead atoms. The summed E-state index contributed by atoms with van der Waals surface area (Å²) >= 11 is 3.64. The molecule has 2 aromatic heterocycles. The third kappa shape index (κ3) is 1.86. The van der Waals surface area contributed by atoms with Crippen molar-refractivity contribution in [3.8, 4) is 0 Å². The summed E-state index contributed by atoms with van der Waals surface area (Å²) in [6.45, 7) is 4.14. The molecule has 0 amide bonds. The first-order chi connectivity index (χ1) is 7.54. The summed E-state index contributed by atoms with van der Waals surface area (Å²) in [6, 6.07) is 0.259. The zero-order valence-corrected chi connectivity index (χ0v) is 12.2. The van der Waals surface area contributed by atoms with E-state index in [0.29, 0.717) is 11.0 Å². The maximum absolute atomic E-state index is 5.92. The van der Waals surface area contributed by atoms with E-state index in [9.17, 15) is 0 Å². The van der Waals surface area contributed by atoms with Gasteiger partial charge in [-0.3, -0.25) is 0 Å². The Kier molecular flexibility index (Phi) is 3.24. The maximum atomic E-state index is 5.92. The molecule has 0 fully saturated rings. The maximum Gasteiger partial charge on any atom is 0.191 e. The molecule has 0 radical (unpaired) electrons. The highest BCUT2D eigenvalue weighted by Crippen LogP contribution is 2.27. The van der Waals surface area contributed by atoms with Crippen molar-refractivity contribution in [2.24, 2.45) is 0 Å². The van der Waals surface area contributed by atoms with Crippen LogP contribution in [0.1, 0.15) is 19.9 Å². The van der Waals surface area contributed by atoms with Gasteiger partial charge in [-0.05, 0) is 42.7 Å². The number of nitrogen functional groups attached to an aromatic ring is 1. The van der Waals surface area contributed by atoms with Crippen LogP contribution in [0.2, 0.25) is 0 Å². The highest BCUT2D eigenvalue weighted by Gasteiger charge is 2.16. The lowest BCUT2D eigenvalue weighted by atomic mass is 10.3. The minimum atomic E-state index is 0.259. The van der Waals surface area contributed by atoms with Crippen molar-refractivity contribution < 1.29 is 0 Å². The van der Waals surface area contributed by atoms with Gasteiger partial charge >= 0.3 is 0 Å². The van der Waals surface area contributed by atoms with Crippen LogP contribution in [0.5, 0.6) is 0 Å². The van der Waals surface area contributed by atoms with Crippen LogP contribution in [0.3, 0.4) is 0 Å². The van der Waals surface area contributed by atoms with Crippen LogP contribution in [0, 0.1) is 3.70 Å². The lowest BCUT2D eigenvalue weighted by Gasteiger charge is -2.06. The van der Waals surface area contributed by atoms with Crippen molar-refractivity contribution in [2.45, 2.75) is 25.0 Å². The van der Waals surface area contributed by atoms with Crippen molar-refractivity contribution in [1.29, 1.82) is 0 Å². The molecule has 2 N–H and O–H groups in total. The number of aromatic nitrogens is 4. The molecule has 0 aromatic carbocycles. The first kappa shape index (κ1) is 11.9. The summed E-state index contributed by atoms with van der Waals surface area (Å²) in [5.74, 6) is 0.505.